The van der Waals surface area contributed by atoms with E-state index in [1.807, 2.05) is 35.2 Å². The van der Waals surface area contributed by atoms with Gasteiger partial charge >= 0.3 is 6.03 Å². The molecule has 0 aromatic heterocycles. The Morgan fingerprint density at radius 2 is 1.93 bits per heavy atom. The maximum atomic E-state index is 12.6. The average Bonchev–Trinajstić information content (AvgIpc) is 3.20. The highest BCUT2D eigenvalue weighted by Gasteiger charge is 2.57. The molecule has 3 amide bonds. The molecular weight excluding hydrogens is 352 g/mol. The minimum Gasteiger partial charge on any atom is -0.350 e. The first-order chi connectivity index (χ1) is 13.5. The summed E-state index contributed by atoms with van der Waals surface area (Å²) < 4.78 is 0. The van der Waals surface area contributed by atoms with Gasteiger partial charge in [0.2, 0.25) is 5.91 Å². The molecule has 3 fully saturated rings. The topological polar surface area (TPSA) is 64.7 Å². The highest BCUT2D eigenvalue weighted by molar-refractivity contribution is 5.84. The van der Waals surface area contributed by atoms with Crippen LogP contribution in [0.5, 0.6) is 0 Å². The molecule has 6 heteroatoms. The number of benzene rings is 1. The minimum atomic E-state index is -0.121. The number of nitrogens with zero attached hydrogens (tertiary/aromatic N) is 2. The lowest BCUT2D eigenvalue weighted by molar-refractivity contribution is -0.123. The Morgan fingerprint density at radius 1 is 1.21 bits per heavy atom. The van der Waals surface area contributed by atoms with E-state index in [9.17, 15) is 9.59 Å². The van der Waals surface area contributed by atoms with Gasteiger partial charge in [0, 0.05) is 50.7 Å². The van der Waals surface area contributed by atoms with Gasteiger partial charge in [-0.1, -0.05) is 44.2 Å². The van der Waals surface area contributed by atoms with Gasteiger partial charge in [-0.3, -0.25) is 4.79 Å². The number of nitrogens with one attached hydrogen (secondary N) is 2. The third-order valence-corrected chi connectivity index (χ3v) is 6.67. The monoisotopic (exact) mass is 384 g/mol. The van der Waals surface area contributed by atoms with Gasteiger partial charge in [0.15, 0.2) is 0 Å². The van der Waals surface area contributed by atoms with Gasteiger partial charge in [-0.05, 0) is 24.3 Å². The number of fused-ring (bicyclic) bond motifs is 2. The number of hydrogen-bond donors (Lipinski definition) is 2. The fourth-order valence-corrected chi connectivity index (χ4v) is 5.30. The molecule has 2 atom stereocenters. The van der Waals surface area contributed by atoms with Crippen LogP contribution in [0.3, 0.4) is 0 Å². The summed E-state index contributed by atoms with van der Waals surface area (Å²) >= 11 is 0. The fourth-order valence-electron chi connectivity index (χ4n) is 5.30. The Morgan fingerprint density at radius 3 is 2.61 bits per heavy atom. The molecule has 4 rings (SSSR count). The molecule has 1 spiro atoms. The minimum absolute atomic E-state index is 0.00701. The Balaban J connectivity index is 1.33. The van der Waals surface area contributed by atoms with Crippen LogP contribution in [-0.4, -0.2) is 60.0 Å². The van der Waals surface area contributed by atoms with Gasteiger partial charge in [0.1, 0.15) is 0 Å². The van der Waals surface area contributed by atoms with Gasteiger partial charge in [-0.25, -0.2) is 4.79 Å². The van der Waals surface area contributed by atoms with Crippen molar-refractivity contribution in [3.63, 3.8) is 0 Å². The predicted octanol–water partition coefficient (Wildman–Crippen LogP) is 2.06. The number of carbonyl (C=O) groups excluding carboxylic acids is 2. The first kappa shape index (κ1) is 19.2. The van der Waals surface area contributed by atoms with Crippen LogP contribution < -0.4 is 10.6 Å². The molecule has 1 aromatic rings. The SMILES string of the molecule is CC(C)CN1C[C@H]2C(=O)NC3(CCN(C(=O)NCc4ccccc4)CC3)[C@H]2C1. The molecule has 152 valence electrons. The maximum Gasteiger partial charge on any atom is 0.317 e. The summed E-state index contributed by atoms with van der Waals surface area (Å²) in [6.45, 7) is 9.37. The smallest absolute Gasteiger partial charge is 0.317 e. The number of hydrogen-bond acceptors (Lipinski definition) is 3. The number of likely N-dealkylation sites (tertiary alicyclic amines) is 2. The van der Waals surface area contributed by atoms with Gasteiger partial charge in [-0.15, -0.1) is 0 Å². The van der Waals surface area contributed by atoms with Gasteiger partial charge in [-0.2, -0.15) is 0 Å². The van der Waals surface area contributed by atoms with Crippen molar-refractivity contribution in [3.05, 3.63) is 35.9 Å². The summed E-state index contributed by atoms with van der Waals surface area (Å²) in [4.78, 5) is 29.5. The van der Waals surface area contributed by atoms with E-state index in [4.69, 9.17) is 0 Å². The molecule has 0 unspecified atom stereocenters. The van der Waals surface area contributed by atoms with Crippen LogP contribution in [-0.2, 0) is 11.3 Å². The van der Waals surface area contributed by atoms with Crippen molar-refractivity contribution < 1.29 is 9.59 Å². The summed E-state index contributed by atoms with van der Waals surface area (Å²) in [5.74, 6) is 1.34. The van der Waals surface area contributed by atoms with Crippen molar-refractivity contribution in [2.45, 2.75) is 38.8 Å². The normalized spacial score (nSPS) is 26.5. The van der Waals surface area contributed by atoms with E-state index in [1.54, 1.807) is 0 Å². The summed E-state index contributed by atoms with van der Waals surface area (Å²) in [7, 11) is 0. The van der Waals surface area contributed by atoms with Crippen LogP contribution in [0.25, 0.3) is 0 Å². The van der Waals surface area contributed by atoms with Crippen molar-refractivity contribution in [1.82, 2.24) is 20.4 Å². The molecule has 3 saturated heterocycles. The van der Waals surface area contributed by atoms with E-state index in [1.165, 1.54) is 0 Å². The zero-order valence-corrected chi connectivity index (χ0v) is 17.0. The van der Waals surface area contributed by atoms with E-state index in [2.05, 4.69) is 29.4 Å². The molecular formula is C22H32N4O2. The fraction of sp³-hybridized carbons (Fsp3) is 0.636. The van der Waals surface area contributed by atoms with Crippen molar-refractivity contribution in [3.8, 4) is 0 Å². The molecule has 0 radical (unpaired) electrons. The van der Waals surface area contributed by atoms with Gasteiger partial charge < -0.3 is 20.4 Å². The zero-order valence-electron chi connectivity index (χ0n) is 17.0. The summed E-state index contributed by atoms with van der Waals surface area (Å²) in [5, 5.41) is 6.36. The van der Waals surface area contributed by atoms with E-state index in [0.717, 1.165) is 38.0 Å². The van der Waals surface area contributed by atoms with Crippen molar-refractivity contribution in [1.29, 1.82) is 0 Å². The van der Waals surface area contributed by atoms with E-state index >= 15 is 0 Å². The van der Waals surface area contributed by atoms with Crippen LogP contribution in [0.2, 0.25) is 0 Å². The Bertz CT molecular complexity index is 713. The molecule has 0 aliphatic carbocycles. The lowest BCUT2D eigenvalue weighted by Gasteiger charge is -2.42. The predicted molar refractivity (Wildman–Crippen MR) is 109 cm³/mol. The van der Waals surface area contributed by atoms with Crippen molar-refractivity contribution in [2.24, 2.45) is 17.8 Å². The molecule has 3 aliphatic heterocycles. The average molecular weight is 385 g/mol. The largest absolute Gasteiger partial charge is 0.350 e. The van der Waals surface area contributed by atoms with Crippen LogP contribution in [0.15, 0.2) is 30.3 Å². The van der Waals surface area contributed by atoms with Crippen molar-refractivity contribution in [2.75, 3.05) is 32.7 Å². The van der Waals surface area contributed by atoms with E-state index in [-0.39, 0.29) is 23.4 Å². The second-order valence-corrected chi connectivity index (χ2v) is 9.10. The standard InChI is InChI=1S/C22H32N4O2/c1-16(2)13-25-14-18-19(15-25)22(24-20(18)27)8-10-26(11-9-22)21(28)23-12-17-6-4-3-5-7-17/h3-7,16,18-19H,8-15H2,1-2H3,(H,23,28)(H,24,27)/t18-,19+/m1/s1. The maximum absolute atomic E-state index is 12.6. The number of rotatable bonds is 4. The summed E-state index contributed by atoms with van der Waals surface area (Å²) in [6.07, 6.45) is 1.71. The highest BCUT2D eigenvalue weighted by atomic mass is 16.2. The number of piperidine rings is 1. The second kappa shape index (κ2) is 7.74. The molecule has 1 aromatic carbocycles. The Labute approximate surface area is 167 Å². The summed E-state index contributed by atoms with van der Waals surface area (Å²) in [5.41, 5.74) is 0.982. The van der Waals surface area contributed by atoms with Gasteiger partial charge in [0.25, 0.3) is 0 Å². The number of carbonyl (C=O) groups is 2. The Kier molecular flexibility index (Phi) is 5.32. The molecule has 2 N–H and O–H groups in total. The Hall–Kier alpha value is -2.08. The molecule has 3 heterocycles. The van der Waals surface area contributed by atoms with Crippen LogP contribution in [0.1, 0.15) is 32.3 Å². The molecule has 0 saturated carbocycles. The van der Waals surface area contributed by atoms with Crippen LogP contribution in [0.4, 0.5) is 4.79 Å². The second-order valence-electron chi connectivity index (χ2n) is 9.10. The molecule has 28 heavy (non-hydrogen) atoms. The zero-order chi connectivity index (χ0) is 19.7. The third-order valence-electron chi connectivity index (χ3n) is 6.67. The van der Waals surface area contributed by atoms with E-state index < -0.39 is 0 Å². The number of amides is 3. The lowest BCUT2D eigenvalue weighted by atomic mass is 9.75. The van der Waals surface area contributed by atoms with Crippen LogP contribution >= 0.6 is 0 Å². The number of urea groups is 1. The van der Waals surface area contributed by atoms with Gasteiger partial charge in [0.05, 0.1) is 5.92 Å². The first-order valence-corrected chi connectivity index (χ1v) is 10.6. The highest BCUT2D eigenvalue weighted by Crippen LogP contribution is 2.44. The quantitative estimate of drug-likeness (QED) is 0.835. The lowest BCUT2D eigenvalue weighted by Crippen LogP contribution is -2.57. The van der Waals surface area contributed by atoms with E-state index in [0.29, 0.717) is 31.5 Å². The van der Waals surface area contributed by atoms with Crippen LogP contribution in [0, 0.1) is 17.8 Å². The first-order valence-electron chi connectivity index (χ1n) is 10.6. The molecule has 6 nitrogen and oxygen atoms in total. The molecule has 0 bridgehead atoms. The molecule has 3 aliphatic rings. The summed E-state index contributed by atoms with van der Waals surface area (Å²) in [6, 6.07) is 9.97. The van der Waals surface area contributed by atoms with Crippen molar-refractivity contribution >= 4 is 11.9 Å². The third kappa shape index (κ3) is 3.75.